The first-order chi connectivity index (χ1) is 11.0. The number of amides is 1. The van der Waals surface area contributed by atoms with Gasteiger partial charge in [0, 0.05) is 23.7 Å². The highest BCUT2D eigenvalue weighted by Gasteiger charge is 2.08. The lowest BCUT2D eigenvalue weighted by Gasteiger charge is -2.10. The van der Waals surface area contributed by atoms with E-state index in [1.165, 1.54) is 0 Å². The fraction of sp³-hybridized carbons (Fsp3) is 0.222. The van der Waals surface area contributed by atoms with Crippen molar-refractivity contribution in [1.82, 2.24) is 0 Å². The highest BCUT2D eigenvalue weighted by molar-refractivity contribution is 5.96. The van der Waals surface area contributed by atoms with Crippen LogP contribution in [0.25, 0.3) is 0 Å². The minimum atomic E-state index is -0.580. The summed E-state index contributed by atoms with van der Waals surface area (Å²) < 4.78 is 5.74. The molecule has 2 aromatic carbocycles. The smallest absolute Gasteiger partial charge is 0.241 e. The molecule has 0 aliphatic carbocycles. The van der Waals surface area contributed by atoms with Gasteiger partial charge in [0.25, 0.3) is 0 Å². The molecule has 1 unspecified atom stereocenters. The van der Waals surface area contributed by atoms with Crippen LogP contribution in [0.5, 0.6) is 11.5 Å². The summed E-state index contributed by atoms with van der Waals surface area (Å²) in [5, 5.41) is 2.71. The molecule has 1 amide bonds. The maximum absolute atomic E-state index is 11.6. The van der Waals surface area contributed by atoms with Gasteiger partial charge >= 0.3 is 0 Å². The summed E-state index contributed by atoms with van der Waals surface area (Å²) in [7, 11) is 0. The van der Waals surface area contributed by atoms with E-state index in [1.807, 2.05) is 6.92 Å². The third-order valence-electron chi connectivity index (χ3n) is 3.25. The van der Waals surface area contributed by atoms with Crippen molar-refractivity contribution >= 4 is 17.4 Å². The second-order valence-corrected chi connectivity index (χ2v) is 5.21. The van der Waals surface area contributed by atoms with Gasteiger partial charge in [0.15, 0.2) is 5.78 Å². The molecule has 2 aromatic rings. The standard InChI is InChI=1S/C18H20N2O3/c1-3-17(21)13-7-9-15(10-8-13)23-16-6-4-5-14(11-16)20-18(22)12(2)19/h4-12H,3,19H2,1-2H3,(H,20,22). The molecular weight excluding hydrogens is 292 g/mol. The molecule has 0 fully saturated rings. The van der Waals surface area contributed by atoms with Crippen LogP contribution in [0.2, 0.25) is 0 Å². The zero-order valence-electron chi connectivity index (χ0n) is 13.2. The average Bonchev–Trinajstić information content (AvgIpc) is 2.55. The molecule has 3 N–H and O–H groups in total. The molecule has 0 saturated carbocycles. The molecule has 0 bridgehead atoms. The molecular formula is C18H20N2O3. The Morgan fingerprint density at radius 2 is 1.83 bits per heavy atom. The average molecular weight is 312 g/mol. The highest BCUT2D eigenvalue weighted by atomic mass is 16.5. The molecule has 0 aliphatic heterocycles. The van der Waals surface area contributed by atoms with Crippen molar-refractivity contribution in [2.24, 2.45) is 5.73 Å². The summed E-state index contributed by atoms with van der Waals surface area (Å²) in [5.74, 6) is 1.04. The van der Waals surface area contributed by atoms with Crippen molar-refractivity contribution in [3.05, 3.63) is 54.1 Å². The Kier molecular flexibility index (Phi) is 5.49. The van der Waals surface area contributed by atoms with Crippen molar-refractivity contribution in [1.29, 1.82) is 0 Å². The maximum atomic E-state index is 11.6. The van der Waals surface area contributed by atoms with E-state index in [-0.39, 0.29) is 11.7 Å². The topological polar surface area (TPSA) is 81.4 Å². The second-order valence-electron chi connectivity index (χ2n) is 5.21. The molecule has 1 atom stereocenters. The highest BCUT2D eigenvalue weighted by Crippen LogP contribution is 2.24. The minimum absolute atomic E-state index is 0.0946. The van der Waals surface area contributed by atoms with E-state index >= 15 is 0 Å². The minimum Gasteiger partial charge on any atom is -0.457 e. The quantitative estimate of drug-likeness (QED) is 0.801. The molecule has 0 heterocycles. The summed E-state index contributed by atoms with van der Waals surface area (Å²) in [4.78, 5) is 23.2. The van der Waals surface area contributed by atoms with E-state index in [0.29, 0.717) is 29.2 Å². The Balaban J connectivity index is 2.08. The second kappa shape index (κ2) is 7.56. The molecule has 0 spiro atoms. The molecule has 5 nitrogen and oxygen atoms in total. The number of ether oxygens (including phenoxy) is 1. The van der Waals surface area contributed by atoms with Gasteiger partial charge in [-0.05, 0) is 43.3 Å². The number of hydrogen-bond donors (Lipinski definition) is 2. The van der Waals surface area contributed by atoms with Crippen molar-refractivity contribution in [3.63, 3.8) is 0 Å². The van der Waals surface area contributed by atoms with Crippen LogP contribution in [0.15, 0.2) is 48.5 Å². The third-order valence-corrected chi connectivity index (χ3v) is 3.25. The van der Waals surface area contributed by atoms with E-state index in [0.717, 1.165) is 0 Å². The van der Waals surface area contributed by atoms with Gasteiger partial charge < -0.3 is 15.8 Å². The van der Waals surface area contributed by atoms with Crippen LogP contribution in [0.4, 0.5) is 5.69 Å². The van der Waals surface area contributed by atoms with Crippen LogP contribution >= 0.6 is 0 Å². The van der Waals surface area contributed by atoms with Crippen molar-refractivity contribution in [2.75, 3.05) is 5.32 Å². The monoisotopic (exact) mass is 312 g/mol. The van der Waals surface area contributed by atoms with Crippen molar-refractivity contribution < 1.29 is 14.3 Å². The SMILES string of the molecule is CCC(=O)c1ccc(Oc2cccc(NC(=O)C(C)N)c2)cc1. The fourth-order valence-corrected chi connectivity index (χ4v) is 1.94. The van der Waals surface area contributed by atoms with E-state index in [2.05, 4.69) is 5.32 Å². The molecule has 23 heavy (non-hydrogen) atoms. The fourth-order valence-electron chi connectivity index (χ4n) is 1.94. The van der Waals surface area contributed by atoms with E-state index in [4.69, 9.17) is 10.5 Å². The molecule has 0 radical (unpaired) electrons. The molecule has 0 aliphatic rings. The normalized spacial score (nSPS) is 11.6. The Morgan fingerprint density at radius 3 is 2.43 bits per heavy atom. The lowest BCUT2D eigenvalue weighted by Crippen LogP contribution is -2.32. The summed E-state index contributed by atoms with van der Waals surface area (Å²) in [6, 6.07) is 13.4. The van der Waals surface area contributed by atoms with E-state index in [1.54, 1.807) is 55.5 Å². The van der Waals surface area contributed by atoms with Gasteiger partial charge in [-0.15, -0.1) is 0 Å². The number of carbonyl (C=O) groups is 2. The molecule has 120 valence electrons. The van der Waals surface area contributed by atoms with Gasteiger partial charge in [0.05, 0.1) is 6.04 Å². The summed E-state index contributed by atoms with van der Waals surface area (Å²) in [6.07, 6.45) is 0.474. The number of nitrogens with two attached hydrogens (primary N) is 1. The lowest BCUT2D eigenvalue weighted by molar-refractivity contribution is -0.117. The number of hydrogen-bond acceptors (Lipinski definition) is 4. The first kappa shape index (κ1) is 16.7. The lowest BCUT2D eigenvalue weighted by atomic mass is 10.1. The first-order valence-corrected chi connectivity index (χ1v) is 7.47. The van der Waals surface area contributed by atoms with E-state index in [9.17, 15) is 9.59 Å². The predicted molar refractivity (Wildman–Crippen MR) is 89.9 cm³/mol. The van der Waals surface area contributed by atoms with Crippen molar-refractivity contribution in [3.8, 4) is 11.5 Å². The van der Waals surface area contributed by atoms with Crippen molar-refractivity contribution in [2.45, 2.75) is 26.3 Å². The number of benzene rings is 2. The number of carbonyl (C=O) groups excluding carboxylic acids is 2. The Labute approximate surface area is 135 Å². The number of rotatable bonds is 6. The largest absolute Gasteiger partial charge is 0.457 e. The van der Waals surface area contributed by atoms with Gasteiger partial charge in [0.1, 0.15) is 11.5 Å². The third kappa shape index (κ3) is 4.66. The Bertz CT molecular complexity index is 694. The van der Waals surface area contributed by atoms with Crippen LogP contribution in [0, 0.1) is 0 Å². The number of Topliss-reactive ketones (excluding diaryl/α,β-unsaturated/α-hetero) is 1. The van der Waals surface area contributed by atoms with Gasteiger partial charge in [-0.3, -0.25) is 9.59 Å². The summed E-state index contributed by atoms with van der Waals surface area (Å²) in [6.45, 7) is 3.45. The van der Waals surface area contributed by atoms with Gasteiger partial charge in [-0.25, -0.2) is 0 Å². The van der Waals surface area contributed by atoms with Crippen LogP contribution in [0.3, 0.4) is 0 Å². The number of nitrogens with one attached hydrogen (secondary N) is 1. The Hall–Kier alpha value is -2.66. The summed E-state index contributed by atoms with van der Waals surface area (Å²) in [5.41, 5.74) is 6.80. The maximum Gasteiger partial charge on any atom is 0.241 e. The zero-order valence-corrected chi connectivity index (χ0v) is 13.2. The molecule has 0 aromatic heterocycles. The van der Waals surface area contributed by atoms with Gasteiger partial charge in [-0.2, -0.15) is 0 Å². The van der Waals surface area contributed by atoms with Gasteiger partial charge in [-0.1, -0.05) is 13.0 Å². The number of ketones is 1. The first-order valence-electron chi connectivity index (χ1n) is 7.47. The van der Waals surface area contributed by atoms with Crippen LogP contribution < -0.4 is 15.8 Å². The van der Waals surface area contributed by atoms with Crippen LogP contribution in [-0.4, -0.2) is 17.7 Å². The Morgan fingerprint density at radius 1 is 1.13 bits per heavy atom. The van der Waals surface area contributed by atoms with Crippen LogP contribution in [0.1, 0.15) is 30.6 Å². The number of anilines is 1. The molecule has 5 heteroatoms. The van der Waals surface area contributed by atoms with Gasteiger partial charge in [0.2, 0.25) is 5.91 Å². The molecule has 2 rings (SSSR count). The predicted octanol–water partition coefficient (Wildman–Crippen LogP) is 3.36. The van der Waals surface area contributed by atoms with E-state index < -0.39 is 6.04 Å². The van der Waals surface area contributed by atoms with Crippen LogP contribution in [-0.2, 0) is 4.79 Å². The zero-order chi connectivity index (χ0) is 16.8. The summed E-state index contributed by atoms with van der Waals surface area (Å²) >= 11 is 0. The molecule has 0 saturated heterocycles.